The van der Waals surface area contributed by atoms with E-state index >= 15 is 0 Å². The van der Waals surface area contributed by atoms with Crippen molar-refractivity contribution in [2.24, 2.45) is 0 Å². The molecule has 6 heteroatoms. The van der Waals surface area contributed by atoms with Gasteiger partial charge in [-0.05, 0) is 36.4 Å². The van der Waals surface area contributed by atoms with Crippen molar-refractivity contribution in [1.29, 1.82) is 0 Å². The van der Waals surface area contributed by atoms with Crippen LogP contribution in [0.1, 0.15) is 6.92 Å². The SMILES string of the molecule is CC(=O)Nc1cccc(OCCNc2ccnc3cc(Cl)ccc23)c1. The summed E-state index contributed by atoms with van der Waals surface area (Å²) in [7, 11) is 0. The fourth-order valence-electron chi connectivity index (χ4n) is 2.50. The van der Waals surface area contributed by atoms with Crippen LogP contribution < -0.4 is 15.4 Å². The number of nitrogens with one attached hydrogen (secondary N) is 2. The molecule has 0 saturated carbocycles. The van der Waals surface area contributed by atoms with Crippen molar-refractivity contribution in [2.45, 2.75) is 6.92 Å². The molecule has 0 radical (unpaired) electrons. The Bertz CT molecular complexity index is 899. The standard InChI is InChI=1S/C19H18ClN3O2/c1-13(24)23-15-3-2-4-16(12-15)25-10-9-22-18-7-8-21-19-11-14(20)5-6-17(18)19/h2-8,11-12H,9-10H2,1H3,(H,21,22)(H,23,24). The van der Waals surface area contributed by atoms with Crippen LogP contribution >= 0.6 is 11.6 Å². The van der Waals surface area contributed by atoms with Gasteiger partial charge in [-0.25, -0.2) is 0 Å². The van der Waals surface area contributed by atoms with E-state index in [0.717, 1.165) is 22.3 Å². The average molecular weight is 356 g/mol. The lowest BCUT2D eigenvalue weighted by Crippen LogP contribution is -2.12. The van der Waals surface area contributed by atoms with Gasteiger partial charge in [-0.15, -0.1) is 0 Å². The summed E-state index contributed by atoms with van der Waals surface area (Å²) in [6, 6.07) is 14.9. The van der Waals surface area contributed by atoms with Crippen molar-refractivity contribution in [3.05, 3.63) is 59.8 Å². The molecule has 0 aliphatic carbocycles. The number of nitrogens with zero attached hydrogens (tertiary/aromatic N) is 1. The second-order valence-corrected chi connectivity index (χ2v) is 5.94. The number of pyridine rings is 1. The third-order valence-electron chi connectivity index (χ3n) is 3.55. The molecule has 0 bridgehead atoms. The fraction of sp³-hybridized carbons (Fsp3) is 0.158. The molecule has 3 aromatic rings. The lowest BCUT2D eigenvalue weighted by molar-refractivity contribution is -0.114. The first-order chi connectivity index (χ1) is 12.1. The van der Waals surface area contributed by atoms with E-state index in [1.54, 1.807) is 12.3 Å². The zero-order valence-corrected chi connectivity index (χ0v) is 14.5. The lowest BCUT2D eigenvalue weighted by Gasteiger charge is -2.11. The van der Waals surface area contributed by atoms with Crippen molar-refractivity contribution in [3.8, 4) is 5.75 Å². The Morgan fingerprint density at radius 3 is 2.92 bits per heavy atom. The minimum absolute atomic E-state index is 0.108. The van der Waals surface area contributed by atoms with Gasteiger partial charge in [0.25, 0.3) is 0 Å². The van der Waals surface area contributed by atoms with E-state index in [-0.39, 0.29) is 5.91 Å². The van der Waals surface area contributed by atoms with Crippen LogP contribution in [0.25, 0.3) is 10.9 Å². The van der Waals surface area contributed by atoms with Gasteiger partial charge in [0.1, 0.15) is 12.4 Å². The zero-order chi connectivity index (χ0) is 17.6. The molecule has 0 atom stereocenters. The largest absolute Gasteiger partial charge is 0.492 e. The summed E-state index contributed by atoms with van der Waals surface area (Å²) in [6.45, 7) is 2.59. The van der Waals surface area contributed by atoms with Gasteiger partial charge in [0.15, 0.2) is 0 Å². The topological polar surface area (TPSA) is 63.2 Å². The molecule has 2 N–H and O–H groups in total. The maximum Gasteiger partial charge on any atom is 0.221 e. The maximum absolute atomic E-state index is 11.1. The number of hydrogen-bond donors (Lipinski definition) is 2. The monoisotopic (exact) mass is 355 g/mol. The molecular weight excluding hydrogens is 338 g/mol. The van der Waals surface area contributed by atoms with Crippen molar-refractivity contribution >= 4 is 39.8 Å². The maximum atomic E-state index is 11.1. The summed E-state index contributed by atoms with van der Waals surface area (Å²) in [5.74, 6) is 0.600. The van der Waals surface area contributed by atoms with Gasteiger partial charge in [0.2, 0.25) is 5.91 Å². The van der Waals surface area contributed by atoms with E-state index in [2.05, 4.69) is 15.6 Å². The van der Waals surface area contributed by atoms with Crippen LogP contribution in [0, 0.1) is 0 Å². The predicted molar refractivity (Wildman–Crippen MR) is 101 cm³/mol. The van der Waals surface area contributed by atoms with E-state index < -0.39 is 0 Å². The first-order valence-electron chi connectivity index (χ1n) is 7.90. The number of anilines is 2. The zero-order valence-electron chi connectivity index (χ0n) is 13.8. The number of halogens is 1. The highest BCUT2D eigenvalue weighted by Crippen LogP contribution is 2.24. The molecule has 25 heavy (non-hydrogen) atoms. The van der Waals surface area contributed by atoms with E-state index in [0.29, 0.717) is 23.9 Å². The molecule has 2 aromatic carbocycles. The summed E-state index contributed by atoms with van der Waals surface area (Å²) in [4.78, 5) is 15.4. The van der Waals surface area contributed by atoms with Crippen LogP contribution in [-0.2, 0) is 4.79 Å². The Hall–Kier alpha value is -2.79. The highest BCUT2D eigenvalue weighted by atomic mass is 35.5. The molecule has 0 saturated heterocycles. The van der Waals surface area contributed by atoms with Crippen molar-refractivity contribution in [3.63, 3.8) is 0 Å². The number of aromatic nitrogens is 1. The molecule has 0 aliphatic heterocycles. The van der Waals surface area contributed by atoms with Crippen LogP contribution in [0.5, 0.6) is 5.75 Å². The number of rotatable bonds is 6. The molecule has 1 aromatic heterocycles. The molecule has 128 valence electrons. The van der Waals surface area contributed by atoms with Crippen LogP contribution in [0.4, 0.5) is 11.4 Å². The highest BCUT2D eigenvalue weighted by molar-refractivity contribution is 6.31. The third kappa shape index (κ3) is 4.61. The van der Waals surface area contributed by atoms with E-state index in [4.69, 9.17) is 16.3 Å². The Morgan fingerprint density at radius 2 is 2.08 bits per heavy atom. The quantitative estimate of drug-likeness (QED) is 0.646. The molecule has 3 rings (SSSR count). The summed E-state index contributed by atoms with van der Waals surface area (Å²) in [5, 5.41) is 7.76. The molecule has 0 fully saturated rings. The summed E-state index contributed by atoms with van der Waals surface area (Å²) >= 11 is 6.00. The molecule has 0 spiro atoms. The third-order valence-corrected chi connectivity index (χ3v) is 3.78. The van der Waals surface area contributed by atoms with Crippen molar-refractivity contribution < 1.29 is 9.53 Å². The van der Waals surface area contributed by atoms with Gasteiger partial charge >= 0.3 is 0 Å². The smallest absolute Gasteiger partial charge is 0.221 e. The number of carbonyl (C=O) groups is 1. The fourth-order valence-corrected chi connectivity index (χ4v) is 2.66. The number of benzene rings is 2. The molecule has 1 heterocycles. The second kappa shape index (κ2) is 7.85. The molecular formula is C19H18ClN3O2. The number of hydrogen-bond acceptors (Lipinski definition) is 4. The van der Waals surface area contributed by atoms with Crippen molar-refractivity contribution in [2.75, 3.05) is 23.8 Å². The number of carbonyl (C=O) groups excluding carboxylic acids is 1. The van der Waals surface area contributed by atoms with Gasteiger partial charge in [0, 0.05) is 47.5 Å². The number of amides is 1. The Kier molecular flexibility index (Phi) is 5.36. The molecule has 0 unspecified atom stereocenters. The normalized spacial score (nSPS) is 10.5. The highest BCUT2D eigenvalue weighted by Gasteiger charge is 2.03. The van der Waals surface area contributed by atoms with Crippen LogP contribution in [0.3, 0.4) is 0 Å². The van der Waals surface area contributed by atoms with E-state index in [1.807, 2.05) is 42.5 Å². The predicted octanol–water partition coefficient (Wildman–Crippen LogP) is 4.34. The van der Waals surface area contributed by atoms with Gasteiger partial charge in [0.05, 0.1) is 5.52 Å². The Morgan fingerprint density at radius 1 is 1.20 bits per heavy atom. The van der Waals surface area contributed by atoms with E-state index in [1.165, 1.54) is 6.92 Å². The first-order valence-corrected chi connectivity index (χ1v) is 8.28. The molecule has 0 aliphatic rings. The van der Waals surface area contributed by atoms with Crippen LogP contribution in [-0.4, -0.2) is 24.0 Å². The number of ether oxygens (including phenoxy) is 1. The van der Waals surface area contributed by atoms with Gasteiger partial charge in [-0.2, -0.15) is 0 Å². The van der Waals surface area contributed by atoms with Gasteiger partial charge < -0.3 is 15.4 Å². The lowest BCUT2D eigenvalue weighted by atomic mass is 10.2. The van der Waals surface area contributed by atoms with Crippen LogP contribution in [0.2, 0.25) is 5.02 Å². The summed E-state index contributed by atoms with van der Waals surface area (Å²) in [6.07, 6.45) is 1.75. The number of fused-ring (bicyclic) bond motifs is 1. The van der Waals surface area contributed by atoms with Gasteiger partial charge in [-0.1, -0.05) is 17.7 Å². The summed E-state index contributed by atoms with van der Waals surface area (Å²) < 4.78 is 5.73. The van der Waals surface area contributed by atoms with Crippen molar-refractivity contribution in [1.82, 2.24) is 4.98 Å². The Labute approximate surface area is 151 Å². The van der Waals surface area contributed by atoms with E-state index in [9.17, 15) is 4.79 Å². The minimum atomic E-state index is -0.108. The van der Waals surface area contributed by atoms with Crippen LogP contribution in [0.15, 0.2) is 54.7 Å². The molecule has 1 amide bonds. The Balaban J connectivity index is 1.58. The second-order valence-electron chi connectivity index (χ2n) is 5.50. The summed E-state index contributed by atoms with van der Waals surface area (Å²) in [5.41, 5.74) is 2.55. The first kappa shape index (κ1) is 17.0. The minimum Gasteiger partial charge on any atom is -0.492 e. The average Bonchev–Trinajstić information content (AvgIpc) is 2.58. The van der Waals surface area contributed by atoms with Gasteiger partial charge in [-0.3, -0.25) is 9.78 Å². The molecule has 5 nitrogen and oxygen atoms in total.